The Bertz CT molecular complexity index is 1070. The average Bonchev–Trinajstić information content (AvgIpc) is 3.09. The molecule has 1 aliphatic rings. The second-order valence-corrected chi connectivity index (χ2v) is 8.46. The van der Waals surface area contributed by atoms with E-state index in [9.17, 15) is 19.8 Å². The predicted octanol–water partition coefficient (Wildman–Crippen LogP) is 4.25. The molecule has 0 bridgehead atoms. The summed E-state index contributed by atoms with van der Waals surface area (Å²) in [5.41, 5.74) is 1.57. The number of benzene rings is 2. The van der Waals surface area contributed by atoms with E-state index in [4.69, 9.17) is 4.74 Å². The number of ketones is 1. The summed E-state index contributed by atoms with van der Waals surface area (Å²) in [7, 11) is 0. The number of carbonyl (C=O) groups excluding carboxylic acids is 2. The topological polar surface area (TPSA) is 90.3 Å². The fourth-order valence-electron chi connectivity index (χ4n) is 4.23. The number of phenolic OH excluding ortho intramolecular Hbond substituents is 1. The number of likely N-dealkylation sites (tertiary alicyclic amines) is 1. The largest absolute Gasteiger partial charge is 0.507 e. The highest BCUT2D eigenvalue weighted by Gasteiger charge is 2.46. The molecule has 2 N–H and O–H groups in total. The molecule has 0 aromatic heterocycles. The minimum absolute atomic E-state index is 0.0295. The van der Waals surface area contributed by atoms with Gasteiger partial charge in [0.05, 0.1) is 23.8 Å². The third-order valence-electron chi connectivity index (χ3n) is 6.15. The van der Waals surface area contributed by atoms with Crippen molar-refractivity contribution in [1.82, 2.24) is 9.80 Å². The van der Waals surface area contributed by atoms with Gasteiger partial charge in [0.1, 0.15) is 17.3 Å². The summed E-state index contributed by atoms with van der Waals surface area (Å²) in [5.74, 6) is -1.33. The quantitative estimate of drug-likeness (QED) is 0.309. The standard InChI is InChI=1S/C27H34N2O5/c1-5-15-34-20-10-8-9-19(17-20)24-23(25(31)21-16-18(4)11-12-22(21)30)26(32)27(33)29(24)14-13-28(6-2)7-3/h8-12,16-17,24,30-31H,5-7,13-15H2,1-4H3/t24-/m1/s1. The highest BCUT2D eigenvalue weighted by atomic mass is 16.5. The first kappa shape index (κ1) is 25.3. The van der Waals surface area contributed by atoms with Gasteiger partial charge in [-0.15, -0.1) is 0 Å². The van der Waals surface area contributed by atoms with E-state index in [1.807, 2.05) is 45.9 Å². The summed E-state index contributed by atoms with van der Waals surface area (Å²) in [5, 5.41) is 21.6. The number of aliphatic hydroxyl groups excluding tert-OH is 1. The van der Waals surface area contributed by atoms with E-state index in [0.29, 0.717) is 31.0 Å². The van der Waals surface area contributed by atoms with Crippen molar-refractivity contribution < 1.29 is 24.5 Å². The van der Waals surface area contributed by atoms with Gasteiger partial charge in [-0.2, -0.15) is 0 Å². The maximum atomic E-state index is 13.2. The predicted molar refractivity (Wildman–Crippen MR) is 132 cm³/mol. The number of amides is 1. The first-order valence-electron chi connectivity index (χ1n) is 11.9. The van der Waals surface area contributed by atoms with Gasteiger partial charge in [-0.05, 0) is 56.3 Å². The number of aromatic hydroxyl groups is 1. The number of carbonyl (C=O) groups is 2. The number of likely N-dealkylation sites (N-methyl/N-ethyl adjacent to an activating group) is 1. The van der Waals surface area contributed by atoms with Crippen molar-refractivity contribution in [2.24, 2.45) is 0 Å². The van der Waals surface area contributed by atoms with E-state index < -0.39 is 17.7 Å². The maximum absolute atomic E-state index is 13.2. The van der Waals surface area contributed by atoms with E-state index in [1.54, 1.807) is 18.2 Å². The number of hydrogen-bond acceptors (Lipinski definition) is 6. The molecule has 0 unspecified atom stereocenters. The molecule has 0 saturated carbocycles. The zero-order valence-electron chi connectivity index (χ0n) is 20.4. The first-order chi connectivity index (χ1) is 16.3. The SMILES string of the molecule is CCCOc1cccc([C@@H]2C(=C(O)c3cc(C)ccc3O)C(=O)C(=O)N2CCN(CC)CC)c1. The molecule has 3 rings (SSSR count). The van der Waals surface area contributed by atoms with Crippen LogP contribution >= 0.6 is 0 Å². The first-order valence-corrected chi connectivity index (χ1v) is 11.9. The molecule has 0 radical (unpaired) electrons. The zero-order chi connectivity index (χ0) is 24.8. The second kappa shape index (κ2) is 11.2. The summed E-state index contributed by atoms with van der Waals surface area (Å²) in [4.78, 5) is 30.0. The summed E-state index contributed by atoms with van der Waals surface area (Å²) < 4.78 is 5.78. The second-order valence-electron chi connectivity index (χ2n) is 8.46. The monoisotopic (exact) mass is 466 g/mol. The highest BCUT2D eigenvalue weighted by Crippen LogP contribution is 2.41. The van der Waals surface area contributed by atoms with Gasteiger partial charge in [-0.1, -0.05) is 44.5 Å². The van der Waals surface area contributed by atoms with Crippen LogP contribution in [0.5, 0.6) is 11.5 Å². The minimum Gasteiger partial charge on any atom is -0.507 e. The van der Waals surface area contributed by atoms with Crippen molar-refractivity contribution in [1.29, 1.82) is 0 Å². The Morgan fingerprint density at radius 3 is 2.50 bits per heavy atom. The molecule has 1 fully saturated rings. The number of phenols is 1. The molecule has 0 aliphatic carbocycles. The van der Waals surface area contributed by atoms with Crippen molar-refractivity contribution in [3.05, 3.63) is 64.7 Å². The Kier molecular flexibility index (Phi) is 8.34. The Morgan fingerprint density at radius 1 is 1.09 bits per heavy atom. The van der Waals surface area contributed by atoms with Crippen molar-refractivity contribution in [3.63, 3.8) is 0 Å². The summed E-state index contributed by atoms with van der Waals surface area (Å²) >= 11 is 0. The van der Waals surface area contributed by atoms with Crippen molar-refractivity contribution >= 4 is 17.4 Å². The van der Waals surface area contributed by atoms with E-state index in [1.165, 1.54) is 11.0 Å². The van der Waals surface area contributed by atoms with Crippen LogP contribution in [0.1, 0.15) is 49.9 Å². The number of rotatable bonds is 10. The summed E-state index contributed by atoms with van der Waals surface area (Å²) in [6.45, 7) is 11.0. The molecule has 0 spiro atoms. The van der Waals surface area contributed by atoms with E-state index in [2.05, 4.69) is 4.90 Å². The molecular weight excluding hydrogens is 432 g/mol. The molecule has 2 aromatic rings. The Balaban J connectivity index is 2.14. The van der Waals surface area contributed by atoms with Crippen LogP contribution in [0.15, 0.2) is 48.0 Å². The van der Waals surface area contributed by atoms with Crippen LogP contribution in [0, 0.1) is 6.92 Å². The average molecular weight is 467 g/mol. The molecule has 1 heterocycles. The van der Waals surface area contributed by atoms with Gasteiger partial charge in [0.15, 0.2) is 0 Å². The van der Waals surface area contributed by atoms with Crippen molar-refractivity contribution in [2.45, 2.75) is 40.2 Å². The molecule has 7 heteroatoms. The third-order valence-corrected chi connectivity index (χ3v) is 6.15. The van der Waals surface area contributed by atoms with Crippen molar-refractivity contribution in [3.8, 4) is 11.5 Å². The van der Waals surface area contributed by atoms with Crippen LogP contribution in [0.2, 0.25) is 0 Å². The lowest BCUT2D eigenvalue weighted by Crippen LogP contribution is -2.38. The van der Waals surface area contributed by atoms with E-state index in [0.717, 1.165) is 25.1 Å². The van der Waals surface area contributed by atoms with Crippen molar-refractivity contribution in [2.75, 3.05) is 32.8 Å². The highest BCUT2D eigenvalue weighted by molar-refractivity contribution is 6.46. The zero-order valence-corrected chi connectivity index (χ0v) is 20.4. The minimum atomic E-state index is -0.791. The number of nitrogens with zero attached hydrogens (tertiary/aromatic N) is 2. The number of hydrogen-bond donors (Lipinski definition) is 2. The lowest BCUT2D eigenvalue weighted by atomic mass is 9.94. The molecule has 1 aliphatic heterocycles. The Hall–Kier alpha value is -3.32. The number of aryl methyl sites for hydroxylation is 1. The molecule has 7 nitrogen and oxygen atoms in total. The lowest BCUT2D eigenvalue weighted by molar-refractivity contribution is -0.140. The number of Topliss-reactive ketones (excluding diaryl/α,β-unsaturated/α-hetero) is 1. The Labute approximate surface area is 201 Å². The van der Waals surface area contributed by atoms with Gasteiger partial charge < -0.3 is 24.7 Å². The van der Waals surface area contributed by atoms with Crippen LogP contribution in [-0.2, 0) is 9.59 Å². The van der Waals surface area contributed by atoms with Crippen LogP contribution in [0.25, 0.3) is 5.76 Å². The van der Waals surface area contributed by atoms with Gasteiger partial charge >= 0.3 is 0 Å². The number of aliphatic hydroxyl groups is 1. The Morgan fingerprint density at radius 2 is 1.82 bits per heavy atom. The molecular formula is C27H34N2O5. The van der Waals surface area contributed by atoms with E-state index in [-0.39, 0.29) is 22.6 Å². The van der Waals surface area contributed by atoms with E-state index >= 15 is 0 Å². The summed E-state index contributed by atoms with van der Waals surface area (Å²) in [6, 6.07) is 11.3. The van der Waals surface area contributed by atoms with Crippen LogP contribution in [0.4, 0.5) is 0 Å². The van der Waals surface area contributed by atoms with Crippen LogP contribution < -0.4 is 4.74 Å². The fraction of sp³-hybridized carbons (Fsp3) is 0.407. The maximum Gasteiger partial charge on any atom is 0.295 e. The van der Waals surface area contributed by atoms with Gasteiger partial charge in [0.25, 0.3) is 11.7 Å². The molecule has 1 saturated heterocycles. The summed E-state index contributed by atoms with van der Waals surface area (Å²) in [6.07, 6.45) is 0.846. The third kappa shape index (κ3) is 5.25. The van der Waals surface area contributed by atoms with Gasteiger partial charge in [0, 0.05) is 13.1 Å². The smallest absolute Gasteiger partial charge is 0.295 e. The fourth-order valence-corrected chi connectivity index (χ4v) is 4.23. The normalized spacial score (nSPS) is 17.6. The van der Waals surface area contributed by atoms with Gasteiger partial charge in [-0.3, -0.25) is 9.59 Å². The van der Waals surface area contributed by atoms with Gasteiger partial charge in [0.2, 0.25) is 0 Å². The van der Waals surface area contributed by atoms with Gasteiger partial charge in [-0.25, -0.2) is 0 Å². The molecule has 1 amide bonds. The lowest BCUT2D eigenvalue weighted by Gasteiger charge is -2.28. The van der Waals surface area contributed by atoms with Crippen LogP contribution in [-0.4, -0.2) is 64.5 Å². The number of ether oxygens (including phenoxy) is 1. The molecule has 182 valence electrons. The molecule has 34 heavy (non-hydrogen) atoms. The molecule has 1 atom stereocenters. The van der Waals surface area contributed by atoms with Crippen LogP contribution in [0.3, 0.4) is 0 Å². The molecule has 2 aromatic carbocycles.